The second-order valence-electron chi connectivity index (χ2n) is 10.8. The summed E-state index contributed by atoms with van der Waals surface area (Å²) in [6, 6.07) is 17.4. The topological polar surface area (TPSA) is 96.0 Å². The third-order valence-electron chi connectivity index (χ3n) is 7.78. The Morgan fingerprint density at radius 1 is 1.00 bits per heavy atom. The summed E-state index contributed by atoms with van der Waals surface area (Å²) in [4.78, 5) is 30.4. The molecule has 1 saturated carbocycles. The SMILES string of the molecule is CCOc1ccccc1N(CC(=O)N(Cc1ccc(Cl)c(Cl)c1)[C@H](CC)C(=O)NC1CCCC1)S(=O)(=O)c1ccc(SC)cc1. The van der Waals surface area contributed by atoms with Crippen molar-refractivity contribution in [2.45, 2.75) is 74.4 Å². The summed E-state index contributed by atoms with van der Waals surface area (Å²) in [5.41, 5.74) is 0.876. The van der Waals surface area contributed by atoms with Crippen molar-refractivity contribution >= 4 is 62.5 Å². The van der Waals surface area contributed by atoms with Gasteiger partial charge in [0, 0.05) is 17.5 Å². The number of hydrogen-bond donors (Lipinski definition) is 1. The minimum Gasteiger partial charge on any atom is -0.492 e. The normalized spacial score (nSPS) is 14.2. The summed E-state index contributed by atoms with van der Waals surface area (Å²) in [5, 5.41) is 3.79. The van der Waals surface area contributed by atoms with Crippen LogP contribution in [-0.2, 0) is 26.2 Å². The molecule has 2 amide bonds. The third kappa shape index (κ3) is 8.67. The van der Waals surface area contributed by atoms with Crippen LogP contribution in [0.5, 0.6) is 5.75 Å². The van der Waals surface area contributed by atoms with Crippen molar-refractivity contribution in [1.82, 2.24) is 10.2 Å². The molecule has 0 aromatic heterocycles. The van der Waals surface area contributed by atoms with E-state index in [1.807, 2.05) is 13.2 Å². The molecule has 1 aliphatic carbocycles. The highest BCUT2D eigenvalue weighted by atomic mass is 35.5. The van der Waals surface area contributed by atoms with Gasteiger partial charge in [-0.15, -0.1) is 11.8 Å². The molecule has 3 aromatic carbocycles. The number of halogens is 2. The van der Waals surface area contributed by atoms with E-state index >= 15 is 0 Å². The van der Waals surface area contributed by atoms with Crippen molar-refractivity contribution in [3.05, 3.63) is 82.3 Å². The molecule has 8 nitrogen and oxygen atoms in total. The quantitative estimate of drug-likeness (QED) is 0.180. The van der Waals surface area contributed by atoms with Crippen LogP contribution in [0.25, 0.3) is 0 Å². The molecule has 1 atom stereocenters. The first-order valence-electron chi connectivity index (χ1n) is 15.0. The van der Waals surface area contributed by atoms with Crippen molar-refractivity contribution in [2.24, 2.45) is 0 Å². The van der Waals surface area contributed by atoms with Gasteiger partial charge in [-0.1, -0.05) is 61.2 Å². The van der Waals surface area contributed by atoms with Crippen LogP contribution < -0.4 is 14.4 Å². The average molecular weight is 693 g/mol. The number of thioether (sulfide) groups is 1. The number of sulfonamides is 1. The minimum absolute atomic E-state index is 0.0235. The van der Waals surface area contributed by atoms with Crippen molar-refractivity contribution in [3.63, 3.8) is 0 Å². The molecule has 0 saturated heterocycles. The highest BCUT2D eigenvalue weighted by Crippen LogP contribution is 2.34. The highest BCUT2D eigenvalue weighted by molar-refractivity contribution is 7.98. The van der Waals surface area contributed by atoms with Crippen LogP contribution in [0.4, 0.5) is 5.69 Å². The van der Waals surface area contributed by atoms with Gasteiger partial charge in [-0.05, 0) is 86.5 Å². The molecule has 0 unspecified atom stereocenters. The Kier molecular flexibility index (Phi) is 12.5. The molecular formula is C33H39Cl2N3O5S2. The Balaban J connectivity index is 1.76. The minimum atomic E-state index is -4.25. The van der Waals surface area contributed by atoms with Gasteiger partial charge in [0.2, 0.25) is 11.8 Å². The number of anilines is 1. The van der Waals surface area contributed by atoms with Crippen LogP contribution in [0.3, 0.4) is 0 Å². The first-order valence-corrected chi connectivity index (χ1v) is 18.4. The molecule has 0 aliphatic heterocycles. The van der Waals surface area contributed by atoms with E-state index in [0.29, 0.717) is 34.4 Å². The maximum atomic E-state index is 14.4. The van der Waals surface area contributed by atoms with Crippen LogP contribution in [0, 0.1) is 0 Å². The van der Waals surface area contributed by atoms with E-state index in [0.717, 1.165) is 34.9 Å². The van der Waals surface area contributed by atoms with E-state index in [4.69, 9.17) is 27.9 Å². The summed E-state index contributed by atoms with van der Waals surface area (Å²) in [6.45, 7) is 3.39. The van der Waals surface area contributed by atoms with E-state index in [1.54, 1.807) is 61.5 Å². The monoisotopic (exact) mass is 691 g/mol. The number of ether oxygens (including phenoxy) is 1. The van der Waals surface area contributed by atoms with Crippen LogP contribution in [0.2, 0.25) is 10.0 Å². The molecule has 1 aliphatic rings. The molecule has 12 heteroatoms. The molecule has 1 N–H and O–H groups in total. The fraction of sp³-hybridized carbons (Fsp3) is 0.394. The molecule has 3 aromatic rings. The first kappa shape index (κ1) is 34.9. The maximum Gasteiger partial charge on any atom is 0.264 e. The lowest BCUT2D eigenvalue weighted by Gasteiger charge is -2.34. The number of nitrogens with zero attached hydrogens (tertiary/aromatic N) is 2. The fourth-order valence-corrected chi connectivity index (χ4v) is 7.60. The molecular weight excluding hydrogens is 653 g/mol. The average Bonchev–Trinajstić information content (AvgIpc) is 3.55. The Morgan fingerprint density at radius 3 is 2.31 bits per heavy atom. The number of para-hydroxylation sites is 2. The highest BCUT2D eigenvalue weighted by Gasteiger charge is 2.35. The van der Waals surface area contributed by atoms with Gasteiger partial charge >= 0.3 is 0 Å². The molecule has 0 radical (unpaired) electrons. The van der Waals surface area contributed by atoms with Gasteiger partial charge in [-0.25, -0.2) is 8.42 Å². The van der Waals surface area contributed by atoms with Crippen molar-refractivity contribution in [1.29, 1.82) is 0 Å². The Morgan fingerprint density at radius 2 is 1.69 bits per heavy atom. The van der Waals surface area contributed by atoms with Gasteiger partial charge in [0.1, 0.15) is 18.3 Å². The Labute approximate surface area is 280 Å². The lowest BCUT2D eigenvalue weighted by atomic mass is 10.1. The molecule has 242 valence electrons. The molecule has 4 rings (SSSR count). The van der Waals surface area contributed by atoms with Gasteiger partial charge in [0.05, 0.1) is 27.2 Å². The summed E-state index contributed by atoms with van der Waals surface area (Å²) >= 11 is 14.0. The van der Waals surface area contributed by atoms with E-state index in [9.17, 15) is 18.0 Å². The van der Waals surface area contributed by atoms with Crippen molar-refractivity contribution < 1.29 is 22.7 Å². The lowest BCUT2D eigenvalue weighted by Crippen LogP contribution is -2.53. The largest absolute Gasteiger partial charge is 0.492 e. The Hall–Kier alpha value is -2.92. The van der Waals surface area contributed by atoms with E-state index in [-0.39, 0.29) is 29.1 Å². The summed E-state index contributed by atoms with van der Waals surface area (Å²) < 4.78 is 35.4. The van der Waals surface area contributed by atoms with E-state index in [1.165, 1.54) is 28.8 Å². The molecule has 0 heterocycles. The summed E-state index contributed by atoms with van der Waals surface area (Å²) in [6.07, 6.45) is 6.08. The number of rotatable bonds is 14. The number of benzene rings is 3. The summed E-state index contributed by atoms with van der Waals surface area (Å²) in [5.74, 6) is -0.501. The summed E-state index contributed by atoms with van der Waals surface area (Å²) in [7, 11) is -4.25. The van der Waals surface area contributed by atoms with Gasteiger partial charge < -0.3 is 15.0 Å². The van der Waals surface area contributed by atoms with E-state index in [2.05, 4.69) is 5.32 Å². The van der Waals surface area contributed by atoms with Crippen LogP contribution >= 0.6 is 35.0 Å². The first-order chi connectivity index (χ1) is 21.6. The zero-order valence-corrected chi connectivity index (χ0v) is 28.8. The standard InChI is InChI=1S/C33H39Cl2N3O5S2/c1-4-29(33(40)36-24-10-6-7-11-24)37(21-23-14-19-27(34)28(35)20-23)32(39)22-38(30-12-8-9-13-31(30)43-5-2)45(41,42)26-17-15-25(44-3)16-18-26/h8-9,12-20,24,29H,4-7,10-11,21-22H2,1-3H3,(H,36,40)/t29-/m1/s1. The fourth-order valence-electron chi connectivity index (χ4n) is 5.45. The zero-order chi connectivity index (χ0) is 32.6. The number of amides is 2. The number of carbonyl (C=O) groups excluding carboxylic acids is 2. The predicted octanol–water partition coefficient (Wildman–Crippen LogP) is 7.18. The van der Waals surface area contributed by atoms with Crippen molar-refractivity contribution in [2.75, 3.05) is 23.7 Å². The number of carbonyl (C=O) groups is 2. The van der Waals surface area contributed by atoms with Crippen LogP contribution in [-0.4, -0.2) is 56.6 Å². The third-order valence-corrected chi connectivity index (χ3v) is 11.0. The predicted molar refractivity (Wildman–Crippen MR) is 182 cm³/mol. The van der Waals surface area contributed by atoms with Gasteiger partial charge in [-0.3, -0.25) is 13.9 Å². The van der Waals surface area contributed by atoms with Crippen molar-refractivity contribution in [3.8, 4) is 5.75 Å². The van der Waals surface area contributed by atoms with Gasteiger partial charge in [0.25, 0.3) is 10.0 Å². The molecule has 0 spiro atoms. The molecule has 0 bridgehead atoms. The van der Waals surface area contributed by atoms with E-state index < -0.39 is 28.5 Å². The lowest BCUT2D eigenvalue weighted by molar-refractivity contribution is -0.140. The zero-order valence-electron chi connectivity index (χ0n) is 25.7. The van der Waals surface area contributed by atoms with Crippen LogP contribution in [0.1, 0.15) is 51.5 Å². The van der Waals surface area contributed by atoms with Gasteiger partial charge in [0.15, 0.2) is 0 Å². The Bertz CT molecular complexity index is 1580. The second kappa shape index (κ2) is 16.1. The smallest absolute Gasteiger partial charge is 0.264 e. The van der Waals surface area contributed by atoms with Crippen LogP contribution in [0.15, 0.2) is 76.5 Å². The second-order valence-corrected chi connectivity index (χ2v) is 14.3. The molecule has 1 fully saturated rings. The molecule has 45 heavy (non-hydrogen) atoms. The maximum absolute atomic E-state index is 14.4. The number of nitrogens with one attached hydrogen (secondary N) is 1. The number of hydrogen-bond acceptors (Lipinski definition) is 6. The van der Waals surface area contributed by atoms with Gasteiger partial charge in [-0.2, -0.15) is 0 Å².